The Bertz CT molecular complexity index is 988. The minimum atomic E-state index is -0.152. The number of methoxy groups -OCH3 is 3. The number of nitrogens with zero attached hydrogens (tertiary/aromatic N) is 6. The van der Waals surface area contributed by atoms with Crippen molar-refractivity contribution in [3.63, 3.8) is 0 Å². The molecule has 0 saturated carbocycles. The van der Waals surface area contributed by atoms with Gasteiger partial charge in [0, 0.05) is 50.6 Å². The number of rotatable bonds is 9. The summed E-state index contributed by atoms with van der Waals surface area (Å²) < 4.78 is 18.2. The van der Waals surface area contributed by atoms with E-state index in [9.17, 15) is 0 Å². The summed E-state index contributed by atoms with van der Waals surface area (Å²) in [6.07, 6.45) is 0. The second kappa shape index (κ2) is 10.4. The van der Waals surface area contributed by atoms with Crippen molar-refractivity contribution < 1.29 is 14.2 Å². The molecule has 0 radical (unpaired) electrons. The van der Waals surface area contributed by atoms with E-state index in [-0.39, 0.29) is 6.04 Å². The van der Waals surface area contributed by atoms with E-state index in [4.69, 9.17) is 14.2 Å². The molecular formula is C23H30N6O3. The molecule has 0 unspecified atom stereocenters. The molecule has 0 spiro atoms. The van der Waals surface area contributed by atoms with Crippen molar-refractivity contribution in [3.8, 4) is 11.5 Å². The lowest BCUT2D eigenvalue weighted by molar-refractivity contribution is 0.171. The first-order chi connectivity index (χ1) is 15.7. The van der Waals surface area contributed by atoms with Crippen molar-refractivity contribution in [1.82, 2.24) is 25.1 Å². The number of benzene rings is 2. The van der Waals surface area contributed by atoms with Crippen molar-refractivity contribution in [1.29, 1.82) is 0 Å². The van der Waals surface area contributed by atoms with Crippen molar-refractivity contribution in [2.24, 2.45) is 0 Å². The van der Waals surface area contributed by atoms with Crippen molar-refractivity contribution in [2.45, 2.75) is 12.6 Å². The number of piperazine rings is 1. The van der Waals surface area contributed by atoms with E-state index in [0.717, 1.165) is 49.1 Å². The van der Waals surface area contributed by atoms with Crippen LogP contribution in [-0.2, 0) is 11.3 Å². The van der Waals surface area contributed by atoms with E-state index in [1.165, 1.54) is 5.69 Å². The van der Waals surface area contributed by atoms with Gasteiger partial charge in [-0.2, -0.15) is 0 Å². The summed E-state index contributed by atoms with van der Waals surface area (Å²) in [6.45, 7) is 4.68. The van der Waals surface area contributed by atoms with Gasteiger partial charge in [0.15, 0.2) is 5.82 Å². The van der Waals surface area contributed by atoms with Gasteiger partial charge in [-0.25, -0.2) is 4.68 Å². The molecule has 1 saturated heterocycles. The molecule has 170 valence electrons. The molecule has 32 heavy (non-hydrogen) atoms. The lowest BCUT2D eigenvalue weighted by Crippen LogP contribution is -2.48. The summed E-state index contributed by atoms with van der Waals surface area (Å²) in [5.74, 6) is 2.28. The molecule has 9 nitrogen and oxygen atoms in total. The number of ether oxygens (including phenoxy) is 3. The molecule has 1 aliphatic rings. The molecule has 0 bridgehead atoms. The smallest absolute Gasteiger partial charge is 0.173 e. The van der Waals surface area contributed by atoms with Gasteiger partial charge >= 0.3 is 0 Å². The van der Waals surface area contributed by atoms with Crippen LogP contribution in [0.1, 0.15) is 17.4 Å². The molecule has 1 aromatic heterocycles. The van der Waals surface area contributed by atoms with E-state index in [1.807, 2.05) is 28.9 Å². The Kier molecular flexibility index (Phi) is 7.18. The summed E-state index contributed by atoms with van der Waals surface area (Å²) in [5.41, 5.74) is 2.26. The van der Waals surface area contributed by atoms with Gasteiger partial charge in [-0.1, -0.05) is 18.2 Å². The van der Waals surface area contributed by atoms with Crippen LogP contribution in [0.2, 0.25) is 0 Å². The molecule has 9 heteroatoms. The second-order valence-corrected chi connectivity index (χ2v) is 7.62. The maximum atomic E-state index is 5.75. The van der Waals surface area contributed by atoms with Crippen molar-refractivity contribution in [2.75, 3.05) is 59.0 Å². The normalized spacial score (nSPS) is 15.5. The Balaban J connectivity index is 1.66. The van der Waals surface area contributed by atoms with Crippen LogP contribution in [0.25, 0.3) is 0 Å². The number of hydrogen-bond acceptors (Lipinski definition) is 8. The van der Waals surface area contributed by atoms with Gasteiger partial charge in [0.25, 0.3) is 0 Å². The average Bonchev–Trinajstić information content (AvgIpc) is 3.32. The Morgan fingerprint density at radius 2 is 1.72 bits per heavy atom. The number of para-hydroxylation sites is 1. The monoisotopic (exact) mass is 438 g/mol. The predicted octanol–water partition coefficient (Wildman–Crippen LogP) is 2.25. The molecule has 2 heterocycles. The van der Waals surface area contributed by atoms with Crippen LogP contribution in [0.15, 0.2) is 48.5 Å². The van der Waals surface area contributed by atoms with Crippen LogP contribution in [0, 0.1) is 0 Å². The molecule has 1 atom stereocenters. The fourth-order valence-electron chi connectivity index (χ4n) is 4.16. The fraction of sp³-hybridized carbons (Fsp3) is 0.435. The minimum Gasteiger partial charge on any atom is -0.497 e. The summed E-state index contributed by atoms with van der Waals surface area (Å²) >= 11 is 0. The summed E-state index contributed by atoms with van der Waals surface area (Å²) in [5, 5.41) is 12.6. The first kappa shape index (κ1) is 22.0. The lowest BCUT2D eigenvalue weighted by Gasteiger charge is -2.40. The van der Waals surface area contributed by atoms with Gasteiger partial charge < -0.3 is 19.1 Å². The third kappa shape index (κ3) is 4.68. The standard InChI is InChI=1S/C23H30N6O3/c1-30-16-15-29-23(24-25-26-29)22(20-10-9-19(31-2)17-21(20)32-3)28-13-11-27(12-14-28)18-7-5-4-6-8-18/h4-10,17,22H,11-16H2,1-3H3/t22-/m1/s1. The van der Waals surface area contributed by atoms with Gasteiger partial charge in [0.05, 0.1) is 27.4 Å². The van der Waals surface area contributed by atoms with Crippen LogP contribution in [0.3, 0.4) is 0 Å². The zero-order valence-corrected chi connectivity index (χ0v) is 18.8. The van der Waals surface area contributed by atoms with Crippen LogP contribution in [-0.4, -0.2) is 79.2 Å². The molecular weight excluding hydrogens is 408 g/mol. The van der Waals surface area contributed by atoms with Crippen LogP contribution in [0.5, 0.6) is 11.5 Å². The summed E-state index contributed by atoms with van der Waals surface area (Å²) in [7, 11) is 5.01. The van der Waals surface area contributed by atoms with Gasteiger partial charge in [0.2, 0.25) is 0 Å². The molecule has 2 aromatic carbocycles. The van der Waals surface area contributed by atoms with Crippen molar-refractivity contribution >= 4 is 5.69 Å². The SMILES string of the molecule is COCCn1nnnc1[C@@H](c1ccc(OC)cc1OC)N1CCN(c2ccccc2)CC1. The highest BCUT2D eigenvalue weighted by Gasteiger charge is 2.32. The van der Waals surface area contributed by atoms with E-state index < -0.39 is 0 Å². The summed E-state index contributed by atoms with van der Waals surface area (Å²) in [4.78, 5) is 4.82. The fourth-order valence-corrected chi connectivity index (χ4v) is 4.16. The number of aromatic nitrogens is 4. The minimum absolute atomic E-state index is 0.152. The van der Waals surface area contributed by atoms with E-state index in [0.29, 0.717) is 13.2 Å². The summed E-state index contributed by atoms with van der Waals surface area (Å²) in [6, 6.07) is 16.3. The zero-order valence-electron chi connectivity index (χ0n) is 18.8. The largest absolute Gasteiger partial charge is 0.497 e. The van der Waals surface area contributed by atoms with Gasteiger partial charge in [-0.3, -0.25) is 4.90 Å². The lowest BCUT2D eigenvalue weighted by atomic mass is 10.0. The molecule has 4 rings (SSSR count). The number of hydrogen-bond donors (Lipinski definition) is 0. The third-order valence-corrected chi connectivity index (χ3v) is 5.85. The Morgan fingerprint density at radius 1 is 0.938 bits per heavy atom. The molecule has 3 aromatic rings. The molecule has 1 aliphatic heterocycles. The highest BCUT2D eigenvalue weighted by Crippen LogP contribution is 2.36. The Hall–Kier alpha value is -3.17. The van der Waals surface area contributed by atoms with E-state index in [2.05, 4.69) is 49.6 Å². The first-order valence-corrected chi connectivity index (χ1v) is 10.8. The average molecular weight is 439 g/mol. The Labute approximate surface area is 188 Å². The molecule has 0 aliphatic carbocycles. The highest BCUT2D eigenvalue weighted by atomic mass is 16.5. The third-order valence-electron chi connectivity index (χ3n) is 5.85. The van der Waals surface area contributed by atoms with Gasteiger partial charge in [0.1, 0.15) is 17.5 Å². The van der Waals surface area contributed by atoms with E-state index in [1.54, 1.807) is 21.3 Å². The van der Waals surface area contributed by atoms with Crippen molar-refractivity contribution in [3.05, 3.63) is 59.9 Å². The van der Waals surface area contributed by atoms with Gasteiger partial charge in [-0.05, 0) is 34.7 Å². The second-order valence-electron chi connectivity index (χ2n) is 7.62. The maximum absolute atomic E-state index is 5.75. The number of tetrazole rings is 1. The van der Waals surface area contributed by atoms with Crippen LogP contribution >= 0.6 is 0 Å². The van der Waals surface area contributed by atoms with Gasteiger partial charge in [-0.15, -0.1) is 5.10 Å². The maximum Gasteiger partial charge on any atom is 0.173 e. The van der Waals surface area contributed by atoms with Crippen LogP contribution in [0.4, 0.5) is 5.69 Å². The molecule has 0 N–H and O–H groups in total. The highest BCUT2D eigenvalue weighted by molar-refractivity contribution is 5.47. The first-order valence-electron chi connectivity index (χ1n) is 10.8. The topological polar surface area (TPSA) is 77.8 Å². The Morgan fingerprint density at radius 3 is 2.41 bits per heavy atom. The zero-order chi connectivity index (χ0) is 22.3. The molecule has 0 amide bonds. The molecule has 1 fully saturated rings. The van der Waals surface area contributed by atoms with E-state index >= 15 is 0 Å². The predicted molar refractivity (Wildman–Crippen MR) is 121 cm³/mol. The number of anilines is 1. The van der Waals surface area contributed by atoms with Crippen LogP contribution < -0.4 is 14.4 Å². The quantitative estimate of drug-likeness (QED) is 0.504.